The maximum atomic E-state index is 2.60. The average Bonchev–Trinajstić information content (AvgIpc) is 3.72. The second kappa shape index (κ2) is 17.6. The molecule has 0 aliphatic heterocycles. The van der Waals surface area contributed by atoms with Crippen molar-refractivity contribution in [3.05, 3.63) is 123 Å². The largest absolute Gasteiger partial charge is 4.00 e. The van der Waals surface area contributed by atoms with E-state index in [4.69, 9.17) is 0 Å². The Labute approximate surface area is 366 Å². The van der Waals surface area contributed by atoms with Crippen LogP contribution >= 0.6 is 0 Å². The first-order valence-electron chi connectivity index (χ1n) is 20.4. The summed E-state index contributed by atoms with van der Waals surface area (Å²) in [5, 5.41) is 11.9. The van der Waals surface area contributed by atoms with E-state index in [0.29, 0.717) is 0 Å². The summed E-state index contributed by atoms with van der Waals surface area (Å²) in [7, 11) is -6.04. The summed E-state index contributed by atoms with van der Waals surface area (Å²) < 4.78 is 0. The Hall–Kier alpha value is -2.16. The van der Waals surface area contributed by atoms with E-state index in [-0.39, 0.29) is 46.1 Å². The van der Waals surface area contributed by atoms with Gasteiger partial charge in [0.1, 0.15) is 0 Å². The standard InChI is InChI=1S/C49H66Si4.2CH3.Hf/c1-15-23-49(24-16-2,39-25-35-19-17-21-45(47(35)31-39)37-27-41(50(3,4)5)33-42(28-37)51(6,7)8)40-26-36-20-18-22-46(48(36)32-40)38-29-43(52(9,10)11)34-44(30-38)53(12,13)14;;;/h17-22,25-34H,15-16,23-24H2,1-14H3;2*1H3;/q-2;2*-1;+4. The maximum absolute atomic E-state index is 2.60. The smallest absolute Gasteiger partial charge is 0.358 e. The zero-order chi connectivity index (χ0) is 38.7. The van der Waals surface area contributed by atoms with E-state index < -0.39 is 32.3 Å². The molecule has 0 aliphatic carbocycles. The molecule has 0 nitrogen and oxygen atoms in total. The van der Waals surface area contributed by atoms with E-state index in [1.165, 1.54) is 54.9 Å². The molecule has 0 atom stereocenters. The Morgan fingerprint density at radius 2 is 0.750 bits per heavy atom. The van der Waals surface area contributed by atoms with Crippen LogP contribution in [0.2, 0.25) is 78.6 Å². The van der Waals surface area contributed by atoms with Gasteiger partial charge in [-0.3, -0.25) is 0 Å². The van der Waals surface area contributed by atoms with Crippen molar-refractivity contribution in [2.75, 3.05) is 0 Å². The van der Waals surface area contributed by atoms with E-state index >= 15 is 0 Å². The van der Waals surface area contributed by atoms with Gasteiger partial charge in [0.25, 0.3) is 0 Å². The van der Waals surface area contributed by atoms with Crippen LogP contribution in [0.3, 0.4) is 0 Å². The molecule has 0 aromatic heterocycles. The van der Waals surface area contributed by atoms with Gasteiger partial charge in [0.05, 0.1) is 32.3 Å². The molecule has 0 spiro atoms. The molecule has 296 valence electrons. The van der Waals surface area contributed by atoms with Crippen LogP contribution in [0.5, 0.6) is 0 Å². The van der Waals surface area contributed by atoms with Crippen LogP contribution in [0.1, 0.15) is 50.7 Å². The zero-order valence-corrected chi connectivity index (χ0v) is 45.7. The van der Waals surface area contributed by atoms with Gasteiger partial charge in [0, 0.05) is 0 Å². The van der Waals surface area contributed by atoms with Gasteiger partial charge in [-0.2, -0.15) is 12.1 Å². The maximum Gasteiger partial charge on any atom is 4.00 e. The summed E-state index contributed by atoms with van der Waals surface area (Å²) >= 11 is 0. The fourth-order valence-corrected chi connectivity index (χ4v) is 13.5. The number of fused-ring (bicyclic) bond motifs is 2. The molecule has 0 saturated carbocycles. The molecule has 0 amide bonds. The first-order chi connectivity index (χ1) is 24.7. The molecule has 0 fully saturated rings. The fraction of sp³-hybridized carbons (Fsp3) is 0.373. The molecule has 6 aromatic rings. The third kappa shape index (κ3) is 9.65. The SMILES string of the molecule is CCCC(CCC)(c1cc2c(-c3cc([Si](C)(C)C)cc([Si](C)(C)C)c3)cccc2[cH-]1)c1cc2c(-c3cc([Si](C)(C)C)cc([Si](C)(C)C)c3)cccc2[cH-]1.[CH3-].[CH3-].[Hf+4]. The Balaban J connectivity index is 0.00000280. The van der Waals surface area contributed by atoms with Crippen molar-refractivity contribution < 1.29 is 25.8 Å². The van der Waals surface area contributed by atoms with Gasteiger partial charge in [-0.05, 0) is 29.4 Å². The molecule has 0 N–H and O–H groups in total. The predicted octanol–water partition coefficient (Wildman–Crippen LogP) is 13.7. The minimum absolute atomic E-state index is 0. The molecular formula is C51H72HfSi4. The van der Waals surface area contributed by atoms with E-state index in [1.54, 1.807) is 20.7 Å². The van der Waals surface area contributed by atoms with E-state index in [0.717, 1.165) is 25.7 Å². The normalized spacial score (nSPS) is 12.7. The summed E-state index contributed by atoms with van der Waals surface area (Å²) in [5.74, 6) is 0. The number of benzene rings is 4. The Bertz CT molecular complexity index is 2030. The van der Waals surface area contributed by atoms with Crippen molar-refractivity contribution in [3.63, 3.8) is 0 Å². The molecule has 0 bridgehead atoms. The van der Waals surface area contributed by atoms with Gasteiger partial charge >= 0.3 is 25.8 Å². The van der Waals surface area contributed by atoms with Crippen molar-refractivity contribution >= 4 is 74.6 Å². The molecule has 0 unspecified atom stereocenters. The molecular weight excluding hydrogens is 903 g/mol. The van der Waals surface area contributed by atoms with Crippen LogP contribution in [0.15, 0.2) is 97.1 Å². The Kier molecular flexibility index (Phi) is 15.1. The molecule has 5 heteroatoms. The quantitative estimate of drug-likeness (QED) is 0.0847. The minimum atomic E-state index is -1.51. The average molecular weight is 976 g/mol. The third-order valence-corrected chi connectivity index (χ3v) is 20.0. The zero-order valence-electron chi connectivity index (χ0n) is 38.1. The van der Waals surface area contributed by atoms with Gasteiger partial charge in [-0.15, -0.1) is 69.1 Å². The van der Waals surface area contributed by atoms with E-state index in [9.17, 15) is 0 Å². The van der Waals surface area contributed by atoms with Gasteiger partial charge in [0.15, 0.2) is 0 Å². The molecule has 0 saturated heterocycles. The van der Waals surface area contributed by atoms with Crippen LogP contribution in [0.25, 0.3) is 43.8 Å². The first kappa shape index (κ1) is 48.2. The molecule has 6 rings (SSSR count). The third-order valence-electron chi connectivity index (χ3n) is 11.9. The van der Waals surface area contributed by atoms with Crippen molar-refractivity contribution in [1.29, 1.82) is 0 Å². The topological polar surface area (TPSA) is 0 Å². The van der Waals surface area contributed by atoms with E-state index in [2.05, 4.69) is 189 Å². The summed E-state index contributed by atoms with van der Waals surface area (Å²) in [6, 6.07) is 39.7. The van der Waals surface area contributed by atoms with Gasteiger partial charge in [0.2, 0.25) is 0 Å². The van der Waals surface area contributed by atoms with Gasteiger partial charge in [-0.1, -0.05) is 186 Å². The Morgan fingerprint density at radius 3 is 1.02 bits per heavy atom. The van der Waals surface area contributed by atoms with Crippen molar-refractivity contribution in [1.82, 2.24) is 0 Å². The molecule has 0 aliphatic rings. The van der Waals surface area contributed by atoms with Gasteiger partial charge in [-0.25, -0.2) is 0 Å². The molecule has 0 heterocycles. The van der Waals surface area contributed by atoms with Crippen molar-refractivity contribution in [3.8, 4) is 22.3 Å². The molecule has 0 radical (unpaired) electrons. The molecule has 56 heavy (non-hydrogen) atoms. The van der Waals surface area contributed by atoms with Crippen LogP contribution in [0.4, 0.5) is 0 Å². The number of hydrogen-bond donors (Lipinski definition) is 0. The van der Waals surface area contributed by atoms with Gasteiger partial charge < -0.3 is 14.9 Å². The predicted molar refractivity (Wildman–Crippen MR) is 265 cm³/mol. The second-order valence-electron chi connectivity index (χ2n) is 20.3. The second-order valence-corrected chi connectivity index (χ2v) is 40.6. The Morgan fingerprint density at radius 1 is 0.446 bits per heavy atom. The number of hydrogen-bond acceptors (Lipinski definition) is 0. The summed E-state index contributed by atoms with van der Waals surface area (Å²) in [6.45, 7) is 34.7. The van der Waals surface area contributed by atoms with Crippen LogP contribution < -0.4 is 20.7 Å². The van der Waals surface area contributed by atoms with Crippen molar-refractivity contribution in [2.45, 2.75) is 124 Å². The monoisotopic (exact) mass is 976 g/mol. The fourth-order valence-electron chi connectivity index (χ4n) is 8.55. The summed E-state index contributed by atoms with van der Waals surface area (Å²) in [6.07, 6.45) is 4.60. The first-order valence-corrected chi connectivity index (χ1v) is 34.4. The summed E-state index contributed by atoms with van der Waals surface area (Å²) in [5.41, 5.74) is 8.55. The number of rotatable bonds is 12. The van der Waals surface area contributed by atoms with E-state index in [1.807, 2.05) is 0 Å². The minimum Gasteiger partial charge on any atom is -0.358 e. The van der Waals surface area contributed by atoms with Crippen LogP contribution in [0, 0.1) is 14.9 Å². The van der Waals surface area contributed by atoms with Crippen molar-refractivity contribution in [2.24, 2.45) is 0 Å². The van der Waals surface area contributed by atoms with Crippen LogP contribution in [-0.4, -0.2) is 32.3 Å². The summed E-state index contributed by atoms with van der Waals surface area (Å²) in [4.78, 5) is 0. The van der Waals surface area contributed by atoms with Crippen LogP contribution in [-0.2, 0) is 31.3 Å². The molecule has 6 aromatic carbocycles.